The molecule has 0 heterocycles. The van der Waals surface area contributed by atoms with Crippen LogP contribution >= 0.6 is 11.6 Å². The number of carbonyl (C=O) groups excluding carboxylic acids is 1. The van der Waals surface area contributed by atoms with Crippen molar-refractivity contribution in [3.05, 3.63) is 42.5 Å². The van der Waals surface area contributed by atoms with E-state index in [9.17, 15) is 4.79 Å². The first-order valence-electron chi connectivity index (χ1n) is 4.42. The summed E-state index contributed by atoms with van der Waals surface area (Å²) < 4.78 is 0. The van der Waals surface area contributed by atoms with Gasteiger partial charge in [0.15, 0.2) is 0 Å². The molecule has 15 heavy (non-hydrogen) atoms. The van der Waals surface area contributed by atoms with Crippen molar-refractivity contribution < 1.29 is 9.90 Å². The number of rotatable bonds is 4. The Labute approximate surface area is 93.6 Å². The van der Waals surface area contributed by atoms with Gasteiger partial charge in [-0.1, -0.05) is 36.9 Å². The van der Waals surface area contributed by atoms with Crippen LogP contribution in [0.15, 0.2) is 36.9 Å². The number of alkyl halides is 1. The summed E-state index contributed by atoms with van der Waals surface area (Å²) in [5.41, 5.74) is 1.23. The molecule has 0 spiro atoms. The minimum Gasteiger partial charge on any atom is -0.376 e. The van der Waals surface area contributed by atoms with E-state index in [4.69, 9.17) is 16.7 Å². The molecule has 0 aliphatic heterocycles. The number of aliphatic hydroxyl groups is 1. The number of halogens is 1. The molecule has 0 saturated heterocycles. The average molecular weight is 226 g/mol. The molecule has 0 unspecified atom stereocenters. The lowest BCUT2D eigenvalue weighted by Gasteiger charge is -2.21. The quantitative estimate of drug-likeness (QED) is 0.626. The number of benzene rings is 1. The molecule has 0 aliphatic carbocycles. The molecule has 1 N–H and O–H groups in total. The van der Waals surface area contributed by atoms with Gasteiger partial charge in [-0.3, -0.25) is 9.69 Å². The van der Waals surface area contributed by atoms with Gasteiger partial charge in [0.2, 0.25) is 5.91 Å². The van der Waals surface area contributed by atoms with Crippen LogP contribution in [0.3, 0.4) is 0 Å². The van der Waals surface area contributed by atoms with Crippen LogP contribution in [0.1, 0.15) is 5.56 Å². The highest BCUT2D eigenvalue weighted by atomic mass is 35.5. The predicted octanol–water partition coefficient (Wildman–Crippen LogP) is 1.67. The Bertz CT molecular complexity index is 351. The lowest BCUT2D eigenvalue weighted by molar-refractivity contribution is -0.127. The summed E-state index contributed by atoms with van der Waals surface area (Å²) in [5.74, 6) is -0.542. The van der Waals surface area contributed by atoms with E-state index in [0.717, 1.165) is 10.5 Å². The second-order valence-corrected chi connectivity index (χ2v) is 3.18. The van der Waals surface area contributed by atoms with E-state index < -0.39 is 6.73 Å². The number of hydrogen-bond acceptors (Lipinski definition) is 2. The van der Waals surface area contributed by atoms with Crippen molar-refractivity contribution >= 4 is 23.2 Å². The zero-order valence-corrected chi connectivity index (χ0v) is 8.94. The van der Waals surface area contributed by atoms with E-state index in [1.807, 2.05) is 30.3 Å². The van der Waals surface area contributed by atoms with Crippen LogP contribution in [0.4, 0.5) is 0 Å². The van der Waals surface area contributed by atoms with E-state index in [1.165, 1.54) is 0 Å². The number of hydrogen-bond donors (Lipinski definition) is 1. The first kappa shape index (κ1) is 11.8. The summed E-state index contributed by atoms with van der Waals surface area (Å²) in [6, 6.07) is 9.16. The van der Waals surface area contributed by atoms with Crippen molar-refractivity contribution in [3.8, 4) is 0 Å². The van der Waals surface area contributed by atoms with Gasteiger partial charge in [0.05, 0.1) is 0 Å². The van der Waals surface area contributed by atoms with Gasteiger partial charge < -0.3 is 5.11 Å². The normalized spacial score (nSPS) is 9.73. The van der Waals surface area contributed by atoms with Crippen LogP contribution in [0.2, 0.25) is 0 Å². The van der Waals surface area contributed by atoms with E-state index in [1.54, 1.807) is 0 Å². The van der Waals surface area contributed by atoms with Gasteiger partial charge in [0, 0.05) is 5.70 Å². The smallest absolute Gasteiger partial charge is 0.243 e. The van der Waals surface area contributed by atoms with Crippen LogP contribution < -0.4 is 0 Å². The summed E-state index contributed by atoms with van der Waals surface area (Å²) in [4.78, 5) is 12.5. The molecule has 0 aromatic heterocycles. The molecule has 1 amide bonds. The molecule has 3 nitrogen and oxygen atoms in total. The highest BCUT2D eigenvalue weighted by molar-refractivity contribution is 6.27. The number of nitrogens with zero attached hydrogens (tertiary/aromatic N) is 1. The Balaban J connectivity index is 2.87. The Morgan fingerprint density at radius 3 is 2.47 bits per heavy atom. The van der Waals surface area contributed by atoms with E-state index in [0.29, 0.717) is 5.70 Å². The molecule has 0 bridgehead atoms. The number of aliphatic hydroxyl groups excluding tert-OH is 1. The highest BCUT2D eigenvalue weighted by Crippen LogP contribution is 2.16. The average Bonchev–Trinajstić information content (AvgIpc) is 2.30. The Hall–Kier alpha value is -1.32. The minimum atomic E-state index is -0.417. The summed E-state index contributed by atoms with van der Waals surface area (Å²) in [6.45, 7) is 3.33. The third kappa shape index (κ3) is 2.81. The van der Waals surface area contributed by atoms with Crippen molar-refractivity contribution in [1.29, 1.82) is 0 Å². The van der Waals surface area contributed by atoms with Crippen LogP contribution in [-0.4, -0.2) is 28.5 Å². The molecule has 0 atom stereocenters. The van der Waals surface area contributed by atoms with Gasteiger partial charge in [0.1, 0.15) is 12.6 Å². The molecular weight excluding hydrogens is 214 g/mol. The Morgan fingerprint density at radius 1 is 1.40 bits per heavy atom. The largest absolute Gasteiger partial charge is 0.376 e. The molecule has 4 heteroatoms. The van der Waals surface area contributed by atoms with Crippen molar-refractivity contribution in [2.24, 2.45) is 0 Å². The fourth-order valence-electron chi connectivity index (χ4n) is 1.17. The van der Waals surface area contributed by atoms with Crippen LogP contribution in [-0.2, 0) is 4.79 Å². The first-order valence-corrected chi connectivity index (χ1v) is 4.95. The van der Waals surface area contributed by atoms with Gasteiger partial charge in [0.25, 0.3) is 0 Å². The number of amides is 1. The molecule has 80 valence electrons. The molecule has 0 radical (unpaired) electrons. The summed E-state index contributed by atoms with van der Waals surface area (Å²) in [5, 5.41) is 9.04. The van der Waals surface area contributed by atoms with Gasteiger partial charge >= 0.3 is 0 Å². The summed E-state index contributed by atoms with van der Waals surface area (Å²) in [6.07, 6.45) is 0. The lowest BCUT2D eigenvalue weighted by Crippen LogP contribution is -2.30. The third-order valence-corrected chi connectivity index (χ3v) is 2.22. The number of carbonyl (C=O) groups is 1. The molecular formula is C11H12ClNO2. The monoisotopic (exact) mass is 225 g/mol. The van der Waals surface area contributed by atoms with Crippen molar-refractivity contribution in [1.82, 2.24) is 4.90 Å². The zero-order valence-electron chi connectivity index (χ0n) is 8.19. The standard InChI is InChI=1S/C11H12ClNO2/c1-9(10-5-3-2-4-6-10)13(8-14)11(15)7-12/h2-6,14H,1,7-8H2. The summed E-state index contributed by atoms with van der Waals surface area (Å²) in [7, 11) is 0. The second kappa shape index (κ2) is 5.53. The molecule has 0 saturated carbocycles. The van der Waals surface area contributed by atoms with Gasteiger partial charge in [-0.25, -0.2) is 0 Å². The topological polar surface area (TPSA) is 40.5 Å². The van der Waals surface area contributed by atoms with Crippen LogP contribution in [0, 0.1) is 0 Å². The predicted molar refractivity (Wildman–Crippen MR) is 60.1 cm³/mol. The lowest BCUT2D eigenvalue weighted by atomic mass is 10.1. The third-order valence-electron chi connectivity index (χ3n) is 1.99. The maximum Gasteiger partial charge on any atom is 0.243 e. The Kier molecular flexibility index (Phi) is 4.34. The second-order valence-electron chi connectivity index (χ2n) is 2.91. The fourth-order valence-corrected chi connectivity index (χ4v) is 1.32. The SMILES string of the molecule is C=C(c1ccccc1)N(CO)C(=O)CCl. The zero-order chi connectivity index (χ0) is 11.3. The van der Waals surface area contributed by atoms with Gasteiger partial charge in [-0.05, 0) is 5.56 Å². The molecule has 1 rings (SSSR count). The molecule has 0 aliphatic rings. The van der Waals surface area contributed by atoms with Crippen LogP contribution in [0.25, 0.3) is 5.70 Å². The van der Waals surface area contributed by atoms with E-state index in [2.05, 4.69) is 6.58 Å². The first-order chi connectivity index (χ1) is 7.20. The molecule has 1 aromatic rings. The van der Waals surface area contributed by atoms with E-state index in [-0.39, 0.29) is 11.8 Å². The molecule has 1 aromatic carbocycles. The molecule has 0 fully saturated rings. The van der Waals surface area contributed by atoms with Crippen molar-refractivity contribution in [3.63, 3.8) is 0 Å². The van der Waals surface area contributed by atoms with E-state index >= 15 is 0 Å². The van der Waals surface area contributed by atoms with Crippen molar-refractivity contribution in [2.75, 3.05) is 12.6 Å². The van der Waals surface area contributed by atoms with Gasteiger partial charge in [-0.2, -0.15) is 0 Å². The minimum absolute atomic E-state index is 0.174. The van der Waals surface area contributed by atoms with Gasteiger partial charge in [-0.15, -0.1) is 11.6 Å². The fraction of sp³-hybridized carbons (Fsp3) is 0.182. The van der Waals surface area contributed by atoms with Crippen molar-refractivity contribution in [2.45, 2.75) is 0 Å². The van der Waals surface area contributed by atoms with Crippen LogP contribution in [0.5, 0.6) is 0 Å². The highest BCUT2D eigenvalue weighted by Gasteiger charge is 2.15. The Morgan fingerprint density at radius 2 is 2.00 bits per heavy atom. The maximum absolute atomic E-state index is 11.3. The maximum atomic E-state index is 11.3. The summed E-state index contributed by atoms with van der Waals surface area (Å²) >= 11 is 5.41.